The van der Waals surface area contributed by atoms with Gasteiger partial charge in [-0.25, -0.2) is 4.79 Å². The van der Waals surface area contributed by atoms with Gasteiger partial charge in [0.2, 0.25) is 0 Å². The Kier molecular flexibility index (Phi) is 8.22. The predicted molar refractivity (Wildman–Crippen MR) is 122 cm³/mol. The summed E-state index contributed by atoms with van der Waals surface area (Å²) in [7, 11) is 0. The van der Waals surface area contributed by atoms with Gasteiger partial charge >= 0.3 is 6.03 Å². The summed E-state index contributed by atoms with van der Waals surface area (Å²) in [4.78, 5) is 17.7. The van der Waals surface area contributed by atoms with Gasteiger partial charge in [0.1, 0.15) is 0 Å². The number of carbonyl (C=O) groups is 1. The Bertz CT molecular complexity index is 792. The molecule has 0 spiro atoms. The molecule has 0 atom stereocenters. The van der Waals surface area contributed by atoms with Crippen LogP contribution in [0.1, 0.15) is 38.2 Å². The Morgan fingerprint density at radius 2 is 1.83 bits per heavy atom. The van der Waals surface area contributed by atoms with E-state index >= 15 is 0 Å². The van der Waals surface area contributed by atoms with E-state index in [1.54, 1.807) is 18.2 Å². The van der Waals surface area contributed by atoms with Crippen molar-refractivity contribution in [2.75, 3.05) is 25.0 Å². The molecule has 3 rings (SSSR count). The minimum absolute atomic E-state index is 0.0979. The van der Waals surface area contributed by atoms with E-state index in [1.807, 2.05) is 23.1 Å². The molecule has 1 heterocycles. The quantitative estimate of drug-likeness (QED) is 0.556. The highest BCUT2D eigenvalue weighted by molar-refractivity contribution is 6.42. The Balaban J connectivity index is 1.70. The number of urea groups is 1. The van der Waals surface area contributed by atoms with E-state index in [4.69, 9.17) is 23.2 Å². The van der Waals surface area contributed by atoms with Crippen LogP contribution in [-0.2, 0) is 6.54 Å². The molecule has 0 aromatic heterocycles. The first kappa shape index (κ1) is 21.9. The van der Waals surface area contributed by atoms with Crippen molar-refractivity contribution in [3.05, 3.63) is 64.1 Å². The molecule has 0 radical (unpaired) electrons. The van der Waals surface area contributed by atoms with E-state index in [1.165, 1.54) is 12.8 Å². The zero-order chi connectivity index (χ0) is 20.6. The number of nitrogens with zero attached hydrogens (tertiary/aromatic N) is 2. The minimum Gasteiger partial charge on any atom is -0.317 e. The van der Waals surface area contributed by atoms with Crippen molar-refractivity contribution in [2.24, 2.45) is 0 Å². The predicted octanol–water partition coefficient (Wildman–Crippen LogP) is 6.29. The van der Waals surface area contributed by atoms with Crippen molar-refractivity contribution in [3.8, 4) is 0 Å². The lowest BCUT2D eigenvalue weighted by Crippen LogP contribution is -2.48. The summed E-state index contributed by atoms with van der Waals surface area (Å²) in [6, 6.07) is 15.4. The fraction of sp³-hybridized carbons (Fsp3) is 0.435. The zero-order valence-electron chi connectivity index (χ0n) is 16.9. The van der Waals surface area contributed by atoms with E-state index in [9.17, 15) is 4.79 Å². The molecule has 2 aromatic carbocycles. The molecule has 29 heavy (non-hydrogen) atoms. The average molecular weight is 434 g/mol. The van der Waals surface area contributed by atoms with Crippen LogP contribution < -0.4 is 5.32 Å². The number of nitrogens with one attached hydrogen (secondary N) is 1. The maximum Gasteiger partial charge on any atom is 0.322 e. The fourth-order valence-corrected chi connectivity index (χ4v) is 4.05. The normalized spacial score (nSPS) is 15.3. The maximum atomic E-state index is 13.2. The fourth-order valence-electron chi connectivity index (χ4n) is 3.75. The minimum atomic E-state index is -0.0979. The van der Waals surface area contributed by atoms with Gasteiger partial charge in [-0.1, -0.05) is 66.9 Å². The lowest BCUT2D eigenvalue weighted by molar-refractivity contribution is 0.122. The van der Waals surface area contributed by atoms with Gasteiger partial charge in [-0.3, -0.25) is 0 Å². The monoisotopic (exact) mass is 433 g/mol. The zero-order valence-corrected chi connectivity index (χ0v) is 18.4. The van der Waals surface area contributed by atoms with E-state index in [-0.39, 0.29) is 12.1 Å². The van der Waals surface area contributed by atoms with Crippen LogP contribution in [0.25, 0.3) is 0 Å². The number of unbranched alkanes of at least 4 members (excludes halogenated alkanes) is 1. The molecule has 4 nitrogen and oxygen atoms in total. The van der Waals surface area contributed by atoms with E-state index in [0.29, 0.717) is 22.3 Å². The number of piperidine rings is 1. The van der Waals surface area contributed by atoms with Crippen LogP contribution in [0.2, 0.25) is 10.0 Å². The summed E-state index contributed by atoms with van der Waals surface area (Å²) in [6.45, 7) is 6.04. The SMILES string of the molecule is CCCCN1CCC(N(Cc2ccccc2)C(=O)Nc2ccc(Cl)c(Cl)c2)CC1. The molecule has 2 aromatic rings. The number of rotatable bonds is 7. The summed E-state index contributed by atoms with van der Waals surface area (Å²) in [5.41, 5.74) is 1.79. The number of hydrogen-bond donors (Lipinski definition) is 1. The third-order valence-electron chi connectivity index (χ3n) is 5.45. The number of anilines is 1. The summed E-state index contributed by atoms with van der Waals surface area (Å²) >= 11 is 12.1. The highest BCUT2D eigenvalue weighted by Gasteiger charge is 2.28. The molecule has 1 aliphatic heterocycles. The smallest absolute Gasteiger partial charge is 0.317 e. The van der Waals surface area contributed by atoms with Crippen LogP contribution in [0.4, 0.5) is 10.5 Å². The van der Waals surface area contributed by atoms with Crippen molar-refractivity contribution in [1.82, 2.24) is 9.80 Å². The molecule has 156 valence electrons. The first-order valence-corrected chi connectivity index (χ1v) is 11.1. The molecule has 0 unspecified atom stereocenters. The molecule has 1 aliphatic rings. The number of amides is 2. The summed E-state index contributed by atoms with van der Waals surface area (Å²) in [5.74, 6) is 0. The molecule has 1 saturated heterocycles. The van der Waals surface area contributed by atoms with E-state index < -0.39 is 0 Å². The molecule has 0 saturated carbocycles. The third-order valence-corrected chi connectivity index (χ3v) is 6.19. The summed E-state index contributed by atoms with van der Waals surface area (Å²) in [5, 5.41) is 3.91. The van der Waals surface area contributed by atoms with Crippen molar-refractivity contribution in [3.63, 3.8) is 0 Å². The molecular formula is C23H29Cl2N3O. The highest BCUT2D eigenvalue weighted by Crippen LogP contribution is 2.26. The summed E-state index contributed by atoms with van der Waals surface area (Å²) < 4.78 is 0. The number of benzene rings is 2. The number of likely N-dealkylation sites (tertiary alicyclic amines) is 1. The van der Waals surface area contributed by atoms with E-state index in [0.717, 1.165) is 38.0 Å². The second-order valence-electron chi connectivity index (χ2n) is 7.60. The Hall–Kier alpha value is -1.75. The lowest BCUT2D eigenvalue weighted by atomic mass is 10.0. The first-order chi connectivity index (χ1) is 14.1. The topological polar surface area (TPSA) is 35.6 Å². The highest BCUT2D eigenvalue weighted by atomic mass is 35.5. The number of hydrogen-bond acceptors (Lipinski definition) is 2. The van der Waals surface area contributed by atoms with Crippen LogP contribution in [0.5, 0.6) is 0 Å². The molecule has 0 bridgehead atoms. The molecule has 2 amide bonds. The second-order valence-corrected chi connectivity index (χ2v) is 8.41. The molecular weight excluding hydrogens is 405 g/mol. The largest absolute Gasteiger partial charge is 0.322 e. The number of carbonyl (C=O) groups excluding carboxylic acids is 1. The molecule has 6 heteroatoms. The van der Waals surface area contributed by atoms with Gasteiger partial charge in [-0.05, 0) is 49.6 Å². The van der Waals surface area contributed by atoms with Crippen molar-refractivity contribution >= 4 is 34.9 Å². The summed E-state index contributed by atoms with van der Waals surface area (Å²) in [6.07, 6.45) is 4.43. The molecule has 1 N–H and O–H groups in total. The van der Waals surface area contributed by atoms with Crippen molar-refractivity contribution in [2.45, 2.75) is 45.2 Å². The van der Waals surface area contributed by atoms with Gasteiger partial charge in [-0.15, -0.1) is 0 Å². The molecule has 1 fully saturated rings. The van der Waals surface area contributed by atoms with Crippen LogP contribution >= 0.6 is 23.2 Å². The van der Waals surface area contributed by atoms with Gasteiger partial charge in [0.15, 0.2) is 0 Å². The Labute approximate surface area is 183 Å². The van der Waals surface area contributed by atoms with Gasteiger partial charge in [0.05, 0.1) is 10.0 Å². The van der Waals surface area contributed by atoms with Crippen molar-refractivity contribution in [1.29, 1.82) is 0 Å². The van der Waals surface area contributed by atoms with Gasteiger partial charge in [0, 0.05) is 31.4 Å². The van der Waals surface area contributed by atoms with Crippen LogP contribution in [-0.4, -0.2) is 41.5 Å². The maximum absolute atomic E-state index is 13.2. The third kappa shape index (κ3) is 6.36. The second kappa shape index (κ2) is 10.9. The standard InChI is InChI=1S/C23H29Cl2N3O/c1-2-3-13-27-14-11-20(12-15-27)28(17-18-7-5-4-6-8-18)23(29)26-19-9-10-21(24)22(25)16-19/h4-10,16,20H,2-3,11-15,17H2,1H3,(H,26,29). The van der Waals surface area contributed by atoms with Gasteiger partial charge in [-0.2, -0.15) is 0 Å². The molecule has 0 aliphatic carbocycles. The Morgan fingerprint density at radius 3 is 2.48 bits per heavy atom. The van der Waals surface area contributed by atoms with Gasteiger partial charge < -0.3 is 15.1 Å². The van der Waals surface area contributed by atoms with E-state index in [2.05, 4.69) is 29.3 Å². The first-order valence-electron chi connectivity index (χ1n) is 10.4. The Morgan fingerprint density at radius 1 is 1.10 bits per heavy atom. The number of halogens is 2. The lowest BCUT2D eigenvalue weighted by Gasteiger charge is -2.38. The van der Waals surface area contributed by atoms with Crippen LogP contribution in [0.15, 0.2) is 48.5 Å². The average Bonchev–Trinajstić information content (AvgIpc) is 2.74. The van der Waals surface area contributed by atoms with Crippen LogP contribution in [0.3, 0.4) is 0 Å². The van der Waals surface area contributed by atoms with Crippen LogP contribution in [0, 0.1) is 0 Å². The van der Waals surface area contributed by atoms with Gasteiger partial charge in [0.25, 0.3) is 0 Å². The van der Waals surface area contributed by atoms with Crippen molar-refractivity contribution < 1.29 is 4.79 Å².